The monoisotopic (exact) mass is 371 g/mol. The molecular weight excluding hydrogens is 358 g/mol. The maximum Gasteiger partial charge on any atom is 0.234 e. The van der Waals surface area contributed by atoms with Crippen LogP contribution in [0.15, 0.2) is 42.0 Å². The van der Waals surface area contributed by atoms with Crippen LogP contribution in [-0.2, 0) is 0 Å². The first kappa shape index (κ1) is 15.9. The van der Waals surface area contributed by atoms with Crippen LogP contribution in [0.4, 0.5) is 10.8 Å². The Kier molecular flexibility index (Phi) is 4.03. The van der Waals surface area contributed by atoms with E-state index in [0.29, 0.717) is 16.5 Å². The SMILES string of the molecule is COc1ccc(Cl)cc1Nc1nc(-c2c(C)nc3ncccn23)cs1. The van der Waals surface area contributed by atoms with Crippen LogP contribution in [-0.4, -0.2) is 26.5 Å². The van der Waals surface area contributed by atoms with Crippen molar-refractivity contribution in [2.75, 3.05) is 12.4 Å². The first-order valence-corrected chi connectivity index (χ1v) is 8.77. The van der Waals surface area contributed by atoms with Crippen LogP contribution in [0.2, 0.25) is 5.02 Å². The molecule has 0 spiro atoms. The van der Waals surface area contributed by atoms with E-state index in [9.17, 15) is 0 Å². The molecule has 0 aliphatic heterocycles. The number of benzene rings is 1. The number of hydrogen-bond acceptors (Lipinski definition) is 6. The third-order valence-corrected chi connectivity index (χ3v) is 4.72. The molecule has 126 valence electrons. The molecule has 6 nitrogen and oxygen atoms in total. The van der Waals surface area contributed by atoms with E-state index >= 15 is 0 Å². The van der Waals surface area contributed by atoms with Crippen molar-refractivity contribution < 1.29 is 4.74 Å². The quantitative estimate of drug-likeness (QED) is 0.569. The molecule has 1 N–H and O–H groups in total. The van der Waals surface area contributed by atoms with E-state index in [-0.39, 0.29) is 0 Å². The van der Waals surface area contributed by atoms with E-state index in [0.717, 1.165) is 27.9 Å². The van der Waals surface area contributed by atoms with E-state index in [1.807, 2.05) is 41.1 Å². The molecule has 0 saturated heterocycles. The second-order valence-corrected chi connectivity index (χ2v) is 6.64. The van der Waals surface area contributed by atoms with Crippen molar-refractivity contribution in [1.82, 2.24) is 19.4 Å². The smallest absolute Gasteiger partial charge is 0.234 e. The normalized spacial score (nSPS) is 11.0. The van der Waals surface area contributed by atoms with Crippen molar-refractivity contribution in [2.45, 2.75) is 6.92 Å². The molecule has 0 aliphatic carbocycles. The van der Waals surface area contributed by atoms with Gasteiger partial charge in [0.15, 0.2) is 5.13 Å². The maximum absolute atomic E-state index is 6.08. The minimum absolute atomic E-state index is 0.629. The Bertz CT molecular complexity index is 1060. The second-order valence-electron chi connectivity index (χ2n) is 5.34. The van der Waals surface area contributed by atoms with Gasteiger partial charge in [0, 0.05) is 22.8 Å². The summed E-state index contributed by atoms with van der Waals surface area (Å²) in [5.41, 5.74) is 3.43. The lowest BCUT2D eigenvalue weighted by atomic mass is 10.3. The van der Waals surface area contributed by atoms with Gasteiger partial charge in [0.2, 0.25) is 5.78 Å². The number of anilines is 2. The highest BCUT2D eigenvalue weighted by atomic mass is 35.5. The van der Waals surface area contributed by atoms with Gasteiger partial charge in [0.25, 0.3) is 0 Å². The van der Waals surface area contributed by atoms with Gasteiger partial charge < -0.3 is 10.1 Å². The van der Waals surface area contributed by atoms with Crippen LogP contribution < -0.4 is 10.1 Å². The average molecular weight is 372 g/mol. The third kappa shape index (κ3) is 2.92. The summed E-state index contributed by atoms with van der Waals surface area (Å²) in [7, 11) is 1.62. The molecule has 8 heteroatoms. The van der Waals surface area contributed by atoms with Crippen molar-refractivity contribution in [2.24, 2.45) is 0 Å². The summed E-state index contributed by atoms with van der Waals surface area (Å²) in [5.74, 6) is 1.37. The Balaban J connectivity index is 1.71. The topological polar surface area (TPSA) is 64.3 Å². The van der Waals surface area contributed by atoms with Crippen LogP contribution >= 0.6 is 22.9 Å². The van der Waals surface area contributed by atoms with Crippen molar-refractivity contribution in [3.05, 3.63) is 52.8 Å². The molecule has 0 amide bonds. The molecule has 0 fully saturated rings. The molecule has 3 heterocycles. The molecule has 0 aliphatic rings. The lowest BCUT2D eigenvalue weighted by Gasteiger charge is -2.09. The Hall–Kier alpha value is -2.64. The number of fused-ring (bicyclic) bond motifs is 1. The molecule has 0 unspecified atom stereocenters. The van der Waals surface area contributed by atoms with Crippen molar-refractivity contribution >= 4 is 39.5 Å². The predicted octanol–water partition coefficient (Wildman–Crippen LogP) is 4.57. The number of nitrogens with one attached hydrogen (secondary N) is 1. The number of nitrogens with zero attached hydrogens (tertiary/aromatic N) is 4. The molecule has 4 rings (SSSR count). The molecule has 0 radical (unpaired) electrons. The van der Waals surface area contributed by atoms with E-state index in [1.165, 1.54) is 11.3 Å². The number of ether oxygens (including phenoxy) is 1. The highest BCUT2D eigenvalue weighted by Crippen LogP contribution is 2.33. The fourth-order valence-corrected chi connectivity index (χ4v) is 3.52. The Morgan fingerprint density at radius 2 is 2.16 bits per heavy atom. The summed E-state index contributed by atoms with van der Waals surface area (Å²) in [6.07, 6.45) is 3.66. The summed E-state index contributed by atoms with van der Waals surface area (Å²) in [6, 6.07) is 7.29. The largest absolute Gasteiger partial charge is 0.495 e. The molecule has 0 saturated carbocycles. The summed E-state index contributed by atoms with van der Waals surface area (Å²) in [4.78, 5) is 13.4. The fraction of sp³-hybridized carbons (Fsp3) is 0.118. The summed E-state index contributed by atoms with van der Waals surface area (Å²) in [6.45, 7) is 1.95. The number of rotatable bonds is 4. The minimum Gasteiger partial charge on any atom is -0.495 e. The van der Waals surface area contributed by atoms with Gasteiger partial charge in [-0.15, -0.1) is 11.3 Å². The summed E-state index contributed by atoms with van der Waals surface area (Å²) < 4.78 is 7.30. The van der Waals surface area contributed by atoms with Gasteiger partial charge in [-0.2, -0.15) is 0 Å². The standard InChI is InChI=1S/C17H14ClN5OS/c1-10-15(23-7-3-6-19-16(23)20-10)13-9-25-17(22-13)21-12-8-11(18)4-5-14(12)24-2/h3-9H,1-2H3,(H,21,22). The number of halogens is 1. The van der Waals surface area contributed by atoms with Gasteiger partial charge in [0.05, 0.1) is 24.2 Å². The van der Waals surface area contributed by atoms with Gasteiger partial charge in [-0.3, -0.25) is 4.40 Å². The Labute approximate surface area is 153 Å². The van der Waals surface area contributed by atoms with E-state index < -0.39 is 0 Å². The third-order valence-electron chi connectivity index (χ3n) is 3.73. The van der Waals surface area contributed by atoms with Crippen LogP contribution in [0.1, 0.15) is 5.69 Å². The van der Waals surface area contributed by atoms with Crippen LogP contribution in [0, 0.1) is 6.92 Å². The molecule has 3 aromatic heterocycles. The molecule has 25 heavy (non-hydrogen) atoms. The Morgan fingerprint density at radius 3 is 3.00 bits per heavy atom. The lowest BCUT2D eigenvalue weighted by molar-refractivity contribution is 0.417. The molecule has 4 aromatic rings. The summed E-state index contributed by atoms with van der Waals surface area (Å²) >= 11 is 7.58. The average Bonchev–Trinajstić information content (AvgIpc) is 3.18. The second kappa shape index (κ2) is 6.34. The zero-order chi connectivity index (χ0) is 17.4. The molecule has 1 aromatic carbocycles. The maximum atomic E-state index is 6.08. The van der Waals surface area contributed by atoms with Gasteiger partial charge in [0.1, 0.15) is 11.4 Å². The highest BCUT2D eigenvalue weighted by molar-refractivity contribution is 7.14. The Morgan fingerprint density at radius 1 is 1.28 bits per heavy atom. The number of thiazole rings is 1. The number of aromatic nitrogens is 4. The van der Waals surface area contributed by atoms with Gasteiger partial charge in [-0.1, -0.05) is 11.6 Å². The van der Waals surface area contributed by atoms with Gasteiger partial charge in [-0.05, 0) is 31.2 Å². The predicted molar refractivity (Wildman–Crippen MR) is 100 cm³/mol. The zero-order valence-corrected chi connectivity index (χ0v) is 15.1. The minimum atomic E-state index is 0.629. The number of aryl methyl sites for hydroxylation is 1. The van der Waals surface area contributed by atoms with Crippen LogP contribution in [0.3, 0.4) is 0 Å². The van der Waals surface area contributed by atoms with Gasteiger partial charge >= 0.3 is 0 Å². The van der Waals surface area contributed by atoms with Gasteiger partial charge in [-0.25, -0.2) is 15.0 Å². The molecule has 0 atom stereocenters. The first-order chi connectivity index (χ1) is 12.2. The highest BCUT2D eigenvalue weighted by Gasteiger charge is 2.15. The first-order valence-electron chi connectivity index (χ1n) is 7.52. The molecule has 0 bridgehead atoms. The van der Waals surface area contributed by atoms with Crippen LogP contribution in [0.25, 0.3) is 17.2 Å². The van der Waals surface area contributed by atoms with E-state index in [2.05, 4.69) is 20.3 Å². The summed E-state index contributed by atoms with van der Waals surface area (Å²) in [5, 5.41) is 6.63. The van der Waals surface area contributed by atoms with Crippen molar-refractivity contribution in [3.8, 4) is 17.1 Å². The lowest BCUT2D eigenvalue weighted by Crippen LogP contribution is -1.95. The number of imidazole rings is 1. The van der Waals surface area contributed by atoms with E-state index in [4.69, 9.17) is 16.3 Å². The molecular formula is C17H14ClN5OS. The number of hydrogen-bond donors (Lipinski definition) is 1. The number of methoxy groups -OCH3 is 1. The zero-order valence-electron chi connectivity index (χ0n) is 13.5. The fourth-order valence-electron chi connectivity index (χ4n) is 2.64. The van der Waals surface area contributed by atoms with Crippen molar-refractivity contribution in [1.29, 1.82) is 0 Å². The van der Waals surface area contributed by atoms with Crippen molar-refractivity contribution in [3.63, 3.8) is 0 Å². The van der Waals surface area contributed by atoms with E-state index in [1.54, 1.807) is 19.4 Å². The van der Waals surface area contributed by atoms with Crippen LogP contribution in [0.5, 0.6) is 5.75 Å².